The van der Waals surface area contributed by atoms with Crippen LogP contribution in [0.5, 0.6) is 0 Å². The van der Waals surface area contributed by atoms with Gasteiger partial charge in [-0.3, -0.25) is 19.1 Å². The normalized spacial score (nSPS) is 10.9. The molecule has 0 aromatic carbocycles. The van der Waals surface area contributed by atoms with E-state index in [0.29, 0.717) is 12.3 Å². The summed E-state index contributed by atoms with van der Waals surface area (Å²) in [5.41, 5.74) is -0.318. The van der Waals surface area contributed by atoms with Crippen LogP contribution in [-0.4, -0.2) is 51.8 Å². The predicted octanol–water partition coefficient (Wildman–Crippen LogP) is 0.981. The molecule has 1 amide bonds. The Balaban J connectivity index is 2.13. The molecule has 140 valence electrons. The summed E-state index contributed by atoms with van der Waals surface area (Å²) in [7, 11) is 1.51. The van der Waals surface area contributed by atoms with Gasteiger partial charge in [0.1, 0.15) is 17.1 Å². The Hall–Kier alpha value is -3.11. The van der Waals surface area contributed by atoms with Crippen LogP contribution in [0.25, 0.3) is 21.7 Å². The summed E-state index contributed by atoms with van der Waals surface area (Å²) in [5, 5.41) is 13.3. The van der Waals surface area contributed by atoms with E-state index in [9.17, 15) is 19.5 Å². The molecule has 10 heteroatoms. The van der Waals surface area contributed by atoms with Gasteiger partial charge < -0.3 is 15.2 Å². The number of aromatic carboxylic acids is 1. The quantitative estimate of drug-likeness (QED) is 0.578. The molecule has 0 bridgehead atoms. The number of methoxy groups -OCH3 is 1. The first-order valence-corrected chi connectivity index (χ1v) is 8.83. The number of hydrogen-bond donors (Lipinski definition) is 2. The predicted molar refractivity (Wildman–Crippen MR) is 99.0 cm³/mol. The monoisotopic (exact) mass is 388 g/mol. The Labute approximate surface area is 157 Å². The van der Waals surface area contributed by atoms with Gasteiger partial charge in [-0.25, -0.2) is 9.78 Å². The van der Waals surface area contributed by atoms with Crippen LogP contribution in [0.3, 0.4) is 0 Å². The largest absolute Gasteiger partial charge is 0.478 e. The molecule has 3 heterocycles. The van der Waals surface area contributed by atoms with E-state index >= 15 is 0 Å². The lowest BCUT2D eigenvalue weighted by molar-refractivity contribution is -0.121. The maximum absolute atomic E-state index is 13.0. The topological polar surface area (TPSA) is 123 Å². The van der Waals surface area contributed by atoms with E-state index in [1.54, 1.807) is 24.4 Å². The lowest BCUT2D eigenvalue weighted by atomic mass is 10.2. The van der Waals surface area contributed by atoms with Crippen molar-refractivity contribution in [1.29, 1.82) is 0 Å². The van der Waals surface area contributed by atoms with Crippen molar-refractivity contribution in [3.8, 4) is 11.5 Å². The maximum atomic E-state index is 13.0. The fraction of sp³-hybridized carbons (Fsp3) is 0.235. The second kappa shape index (κ2) is 8.06. The van der Waals surface area contributed by atoms with E-state index in [1.165, 1.54) is 12.5 Å². The minimum absolute atomic E-state index is 0.0168. The van der Waals surface area contributed by atoms with Gasteiger partial charge in [0.25, 0.3) is 5.56 Å². The number of carbonyl (C=O) groups excluding carboxylic acids is 1. The number of nitrogens with zero attached hydrogens (tertiary/aromatic N) is 3. The lowest BCUT2D eigenvalue weighted by Crippen LogP contribution is -2.35. The molecule has 0 unspecified atom stereocenters. The zero-order valence-electron chi connectivity index (χ0n) is 14.3. The van der Waals surface area contributed by atoms with Crippen LogP contribution >= 0.6 is 11.3 Å². The van der Waals surface area contributed by atoms with Crippen molar-refractivity contribution >= 4 is 33.4 Å². The van der Waals surface area contributed by atoms with Crippen molar-refractivity contribution in [2.24, 2.45) is 0 Å². The third-order valence-corrected chi connectivity index (χ3v) is 4.62. The van der Waals surface area contributed by atoms with Gasteiger partial charge in [-0.1, -0.05) is 6.07 Å². The van der Waals surface area contributed by atoms with Gasteiger partial charge in [0, 0.05) is 25.2 Å². The molecule has 3 aromatic rings. The second-order valence-corrected chi connectivity index (χ2v) is 6.38. The summed E-state index contributed by atoms with van der Waals surface area (Å²) in [6, 6.07) is 5.12. The molecular weight excluding hydrogens is 372 g/mol. The molecule has 9 nitrogen and oxygen atoms in total. The molecular formula is C17H16N4O5S. The number of hydrogen-bond acceptors (Lipinski definition) is 7. The third kappa shape index (κ3) is 3.86. The van der Waals surface area contributed by atoms with Crippen LogP contribution in [0.1, 0.15) is 10.4 Å². The van der Waals surface area contributed by atoms with Crippen LogP contribution < -0.4 is 10.9 Å². The summed E-state index contributed by atoms with van der Waals surface area (Å²) in [6.07, 6.45) is 1.55. The van der Waals surface area contributed by atoms with Crippen molar-refractivity contribution in [3.63, 3.8) is 0 Å². The molecule has 0 aliphatic rings. The summed E-state index contributed by atoms with van der Waals surface area (Å²) in [5.74, 6) is -1.44. The standard InChI is InChI=1S/C17H16N4O5S/c1-26-7-6-19-12(22)8-21-14(11-4-2-3-5-18-11)20-15-13(16(21)23)10(9-27-15)17(24)25/h2-5,9H,6-8H2,1H3,(H,19,22)(H,24,25). The van der Waals surface area contributed by atoms with E-state index in [4.69, 9.17) is 4.74 Å². The number of pyridine rings is 1. The molecule has 0 atom stereocenters. The molecule has 3 rings (SSSR count). The highest BCUT2D eigenvalue weighted by Gasteiger charge is 2.21. The zero-order valence-corrected chi connectivity index (χ0v) is 15.2. The average molecular weight is 388 g/mol. The number of amides is 1. The van der Waals surface area contributed by atoms with Gasteiger partial charge in [-0.05, 0) is 12.1 Å². The summed E-state index contributed by atoms with van der Waals surface area (Å²) in [4.78, 5) is 45.5. The number of nitrogens with one attached hydrogen (secondary N) is 1. The average Bonchev–Trinajstić information content (AvgIpc) is 3.09. The third-order valence-electron chi connectivity index (χ3n) is 3.75. The second-order valence-electron chi connectivity index (χ2n) is 5.52. The Kier molecular flexibility index (Phi) is 5.57. The molecule has 2 N–H and O–H groups in total. The molecule has 3 aromatic heterocycles. The highest BCUT2D eigenvalue weighted by molar-refractivity contribution is 7.17. The van der Waals surface area contributed by atoms with Gasteiger partial charge in [0.2, 0.25) is 5.91 Å². The number of carbonyl (C=O) groups is 2. The number of ether oxygens (including phenoxy) is 1. The van der Waals surface area contributed by atoms with E-state index in [0.717, 1.165) is 15.9 Å². The highest BCUT2D eigenvalue weighted by Crippen LogP contribution is 2.24. The van der Waals surface area contributed by atoms with Crippen molar-refractivity contribution in [2.75, 3.05) is 20.3 Å². The molecule has 0 radical (unpaired) electrons. The number of aromatic nitrogens is 3. The van der Waals surface area contributed by atoms with E-state index in [-0.39, 0.29) is 34.7 Å². The number of thiophene rings is 1. The van der Waals surface area contributed by atoms with Crippen LogP contribution in [0.15, 0.2) is 34.6 Å². The first-order valence-electron chi connectivity index (χ1n) is 7.95. The lowest BCUT2D eigenvalue weighted by Gasteiger charge is -2.12. The van der Waals surface area contributed by atoms with Gasteiger partial charge in [-0.2, -0.15) is 0 Å². The van der Waals surface area contributed by atoms with Crippen LogP contribution in [0, 0.1) is 0 Å². The van der Waals surface area contributed by atoms with E-state index < -0.39 is 17.4 Å². The van der Waals surface area contributed by atoms with Crippen molar-refractivity contribution in [3.05, 3.63) is 45.7 Å². The summed E-state index contributed by atoms with van der Waals surface area (Å²) in [6.45, 7) is 0.308. The van der Waals surface area contributed by atoms with Crippen molar-refractivity contribution in [1.82, 2.24) is 19.9 Å². The minimum Gasteiger partial charge on any atom is -0.478 e. The fourth-order valence-corrected chi connectivity index (χ4v) is 3.41. The molecule has 0 aliphatic carbocycles. The smallest absolute Gasteiger partial charge is 0.337 e. The number of carboxylic acid groups (broad SMARTS) is 1. The van der Waals surface area contributed by atoms with Crippen molar-refractivity contribution in [2.45, 2.75) is 6.54 Å². The van der Waals surface area contributed by atoms with Gasteiger partial charge in [0.05, 0.1) is 17.6 Å². The fourth-order valence-electron chi connectivity index (χ4n) is 2.51. The Morgan fingerprint density at radius 1 is 1.37 bits per heavy atom. The highest BCUT2D eigenvalue weighted by atomic mass is 32.1. The van der Waals surface area contributed by atoms with Gasteiger partial charge in [-0.15, -0.1) is 11.3 Å². The Morgan fingerprint density at radius 2 is 2.19 bits per heavy atom. The summed E-state index contributed by atoms with van der Waals surface area (Å²) >= 11 is 1.06. The van der Waals surface area contributed by atoms with Crippen LogP contribution in [0.4, 0.5) is 0 Å². The molecule has 0 aliphatic heterocycles. The summed E-state index contributed by atoms with van der Waals surface area (Å²) < 4.78 is 6.02. The first kappa shape index (κ1) is 18.7. The zero-order chi connectivity index (χ0) is 19.4. The first-order chi connectivity index (χ1) is 13.0. The molecule has 0 saturated carbocycles. The number of rotatable bonds is 7. The maximum Gasteiger partial charge on any atom is 0.337 e. The molecule has 0 saturated heterocycles. The molecule has 0 spiro atoms. The Morgan fingerprint density at radius 3 is 2.85 bits per heavy atom. The van der Waals surface area contributed by atoms with Gasteiger partial charge >= 0.3 is 5.97 Å². The Bertz CT molecular complexity index is 1040. The molecule has 0 fully saturated rings. The molecule has 27 heavy (non-hydrogen) atoms. The van der Waals surface area contributed by atoms with Gasteiger partial charge in [0.15, 0.2) is 5.82 Å². The number of fused-ring (bicyclic) bond motifs is 1. The van der Waals surface area contributed by atoms with Crippen molar-refractivity contribution < 1.29 is 19.4 Å². The minimum atomic E-state index is -1.22. The van der Waals surface area contributed by atoms with E-state index in [1.807, 2.05) is 0 Å². The number of carboxylic acids is 1. The van der Waals surface area contributed by atoms with E-state index in [2.05, 4.69) is 15.3 Å². The van der Waals surface area contributed by atoms with Crippen LogP contribution in [-0.2, 0) is 16.1 Å². The van der Waals surface area contributed by atoms with Crippen LogP contribution in [0.2, 0.25) is 0 Å². The SMILES string of the molecule is COCCNC(=O)Cn1c(-c2ccccn2)nc2scc(C(=O)O)c2c1=O.